The van der Waals surface area contributed by atoms with Crippen molar-refractivity contribution >= 4 is 16.9 Å². The quantitative estimate of drug-likeness (QED) is 0.842. The predicted octanol–water partition coefficient (Wildman–Crippen LogP) is 1.60. The van der Waals surface area contributed by atoms with E-state index in [1.54, 1.807) is 16.2 Å². The zero-order chi connectivity index (χ0) is 15.0. The number of amides is 1. The van der Waals surface area contributed by atoms with Crippen molar-refractivity contribution in [2.24, 2.45) is 13.0 Å². The van der Waals surface area contributed by atoms with E-state index in [0.717, 1.165) is 30.5 Å². The maximum Gasteiger partial charge on any atom is 0.329 e. The monoisotopic (exact) mass is 287 g/mol. The van der Waals surface area contributed by atoms with Crippen LogP contribution in [0.4, 0.5) is 0 Å². The summed E-state index contributed by atoms with van der Waals surface area (Å²) in [6.45, 7) is 3.91. The smallest absolute Gasteiger partial charge is 0.329 e. The van der Waals surface area contributed by atoms with Crippen molar-refractivity contribution in [3.8, 4) is 0 Å². The van der Waals surface area contributed by atoms with E-state index < -0.39 is 0 Å². The molecule has 5 nitrogen and oxygen atoms in total. The number of benzene rings is 1. The molecule has 1 amide bonds. The average molecular weight is 287 g/mol. The minimum absolute atomic E-state index is 0.0417. The van der Waals surface area contributed by atoms with Gasteiger partial charge in [0.1, 0.15) is 6.54 Å². The van der Waals surface area contributed by atoms with E-state index in [4.69, 9.17) is 0 Å². The van der Waals surface area contributed by atoms with Crippen LogP contribution < -0.4 is 5.69 Å². The summed E-state index contributed by atoms with van der Waals surface area (Å²) in [5.74, 6) is 0.590. The third kappa shape index (κ3) is 2.48. The molecule has 1 aliphatic rings. The molecule has 0 saturated carbocycles. The van der Waals surface area contributed by atoms with Gasteiger partial charge in [-0.1, -0.05) is 19.1 Å². The second-order valence-electron chi connectivity index (χ2n) is 6.00. The molecule has 1 fully saturated rings. The van der Waals surface area contributed by atoms with Crippen LogP contribution in [0.2, 0.25) is 0 Å². The Balaban J connectivity index is 1.90. The van der Waals surface area contributed by atoms with Gasteiger partial charge in [-0.25, -0.2) is 4.79 Å². The highest BCUT2D eigenvalue weighted by atomic mass is 16.2. The number of aryl methyl sites for hydroxylation is 1. The summed E-state index contributed by atoms with van der Waals surface area (Å²) in [4.78, 5) is 26.7. The lowest BCUT2D eigenvalue weighted by molar-refractivity contribution is -0.133. The molecule has 21 heavy (non-hydrogen) atoms. The summed E-state index contributed by atoms with van der Waals surface area (Å²) in [5, 5.41) is 0. The van der Waals surface area contributed by atoms with E-state index in [-0.39, 0.29) is 18.1 Å². The first-order valence-corrected chi connectivity index (χ1v) is 7.50. The lowest BCUT2D eigenvalue weighted by Crippen LogP contribution is -2.42. The van der Waals surface area contributed by atoms with E-state index in [2.05, 4.69) is 6.92 Å². The summed E-state index contributed by atoms with van der Waals surface area (Å²) in [5.41, 5.74) is 1.56. The first-order valence-electron chi connectivity index (χ1n) is 7.50. The van der Waals surface area contributed by atoms with Crippen molar-refractivity contribution in [3.05, 3.63) is 34.7 Å². The fourth-order valence-electron chi connectivity index (χ4n) is 3.17. The van der Waals surface area contributed by atoms with Crippen molar-refractivity contribution in [3.63, 3.8) is 0 Å². The molecule has 0 unspecified atom stereocenters. The second-order valence-corrected chi connectivity index (χ2v) is 6.00. The SMILES string of the molecule is C[C@H]1CCCN(C(=O)Cn2c(=O)n(C)c3ccccc32)C1. The summed E-state index contributed by atoms with van der Waals surface area (Å²) in [6, 6.07) is 7.59. The lowest BCUT2D eigenvalue weighted by Gasteiger charge is -2.31. The summed E-state index contributed by atoms with van der Waals surface area (Å²) >= 11 is 0. The van der Waals surface area contributed by atoms with E-state index >= 15 is 0 Å². The van der Waals surface area contributed by atoms with Crippen LogP contribution in [0.3, 0.4) is 0 Å². The molecule has 1 aromatic carbocycles. The number of carbonyl (C=O) groups excluding carboxylic acids is 1. The third-order valence-corrected chi connectivity index (χ3v) is 4.35. The summed E-state index contributed by atoms with van der Waals surface area (Å²) < 4.78 is 3.18. The van der Waals surface area contributed by atoms with Gasteiger partial charge in [-0.3, -0.25) is 13.9 Å². The molecule has 2 aromatic rings. The van der Waals surface area contributed by atoms with Crippen LogP contribution in [0, 0.1) is 5.92 Å². The molecule has 1 atom stereocenters. The molecule has 0 N–H and O–H groups in total. The van der Waals surface area contributed by atoms with Gasteiger partial charge in [0, 0.05) is 20.1 Å². The molecule has 1 aliphatic heterocycles. The molecular weight excluding hydrogens is 266 g/mol. The van der Waals surface area contributed by atoms with Crippen LogP contribution in [0.15, 0.2) is 29.1 Å². The number of fused-ring (bicyclic) bond motifs is 1. The molecule has 0 radical (unpaired) electrons. The number of likely N-dealkylation sites (tertiary alicyclic amines) is 1. The van der Waals surface area contributed by atoms with Gasteiger partial charge in [0.25, 0.3) is 0 Å². The molecule has 0 spiro atoms. The fourth-order valence-corrected chi connectivity index (χ4v) is 3.17. The molecule has 0 aliphatic carbocycles. The number of hydrogen-bond donors (Lipinski definition) is 0. The standard InChI is InChI=1S/C16H21N3O2/c1-12-6-5-9-18(10-12)15(20)11-19-14-8-4-3-7-13(14)17(2)16(19)21/h3-4,7-8,12H,5-6,9-11H2,1-2H3/t12-/m0/s1. The molecule has 2 heterocycles. The Morgan fingerprint density at radius 3 is 2.71 bits per heavy atom. The van der Waals surface area contributed by atoms with Crippen LogP contribution in [0.25, 0.3) is 11.0 Å². The van der Waals surface area contributed by atoms with Crippen molar-refractivity contribution in [1.29, 1.82) is 0 Å². The van der Waals surface area contributed by atoms with E-state index in [1.165, 1.54) is 6.42 Å². The molecule has 3 rings (SSSR count). The molecule has 112 valence electrons. The van der Waals surface area contributed by atoms with Gasteiger partial charge < -0.3 is 4.90 Å². The number of nitrogens with zero attached hydrogens (tertiary/aromatic N) is 3. The Morgan fingerprint density at radius 1 is 1.29 bits per heavy atom. The Labute approximate surface area is 123 Å². The van der Waals surface area contributed by atoms with Crippen molar-refractivity contribution in [2.75, 3.05) is 13.1 Å². The summed E-state index contributed by atoms with van der Waals surface area (Å²) in [7, 11) is 1.74. The van der Waals surface area contributed by atoms with Gasteiger partial charge >= 0.3 is 5.69 Å². The van der Waals surface area contributed by atoms with E-state index in [0.29, 0.717) is 5.92 Å². The number of rotatable bonds is 2. The second kappa shape index (κ2) is 5.39. The van der Waals surface area contributed by atoms with E-state index in [1.807, 2.05) is 29.2 Å². The Kier molecular flexibility index (Phi) is 3.57. The highest BCUT2D eigenvalue weighted by Gasteiger charge is 2.22. The Hall–Kier alpha value is -2.04. The number of para-hydroxylation sites is 2. The number of hydrogen-bond acceptors (Lipinski definition) is 2. The van der Waals surface area contributed by atoms with Gasteiger partial charge in [0.15, 0.2) is 0 Å². The number of carbonyl (C=O) groups is 1. The van der Waals surface area contributed by atoms with Crippen LogP contribution in [0.5, 0.6) is 0 Å². The van der Waals surface area contributed by atoms with Crippen LogP contribution in [0.1, 0.15) is 19.8 Å². The first kappa shape index (κ1) is 13.9. The maximum absolute atomic E-state index is 12.5. The largest absolute Gasteiger partial charge is 0.341 e. The average Bonchev–Trinajstić information content (AvgIpc) is 2.73. The minimum Gasteiger partial charge on any atom is -0.341 e. The van der Waals surface area contributed by atoms with Gasteiger partial charge in [-0.15, -0.1) is 0 Å². The van der Waals surface area contributed by atoms with Crippen LogP contribution in [-0.2, 0) is 18.4 Å². The van der Waals surface area contributed by atoms with Crippen LogP contribution in [-0.4, -0.2) is 33.0 Å². The number of aromatic nitrogens is 2. The van der Waals surface area contributed by atoms with Gasteiger partial charge in [0.2, 0.25) is 5.91 Å². The Morgan fingerprint density at radius 2 is 2.00 bits per heavy atom. The fraction of sp³-hybridized carbons (Fsp3) is 0.500. The summed E-state index contributed by atoms with van der Waals surface area (Å²) in [6.07, 6.45) is 2.23. The maximum atomic E-state index is 12.5. The van der Waals surface area contributed by atoms with E-state index in [9.17, 15) is 9.59 Å². The third-order valence-electron chi connectivity index (χ3n) is 4.35. The predicted molar refractivity (Wildman–Crippen MR) is 82.2 cm³/mol. The van der Waals surface area contributed by atoms with Crippen LogP contribution >= 0.6 is 0 Å². The van der Waals surface area contributed by atoms with Gasteiger partial charge in [-0.2, -0.15) is 0 Å². The highest BCUT2D eigenvalue weighted by molar-refractivity contribution is 5.81. The first-order chi connectivity index (χ1) is 10.1. The van der Waals surface area contributed by atoms with Crippen molar-refractivity contribution in [2.45, 2.75) is 26.3 Å². The highest BCUT2D eigenvalue weighted by Crippen LogP contribution is 2.17. The zero-order valence-corrected chi connectivity index (χ0v) is 12.6. The lowest BCUT2D eigenvalue weighted by atomic mass is 10.0. The van der Waals surface area contributed by atoms with Crippen molar-refractivity contribution < 1.29 is 4.79 Å². The van der Waals surface area contributed by atoms with Gasteiger partial charge in [0.05, 0.1) is 11.0 Å². The van der Waals surface area contributed by atoms with Gasteiger partial charge in [-0.05, 0) is 30.9 Å². The molecule has 1 saturated heterocycles. The molecule has 5 heteroatoms. The number of piperidine rings is 1. The molecular formula is C16H21N3O2. The number of imidazole rings is 1. The Bertz CT molecular complexity index is 729. The topological polar surface area (TPSA) is 47.2 Å². The normalized spacial score (nSPS) is 19.1. The minimum atomic E-state index is -0.130. The zero-order valence-electron chi connectivity index (χ0n) is 12.6. The molecule has 0 bridgehead atoms. The van der Waals surface area contributed by atoms with Crippen molar-refractivity contribution in [1.82, 2.24) is 14.0 Å². The molecule has 1 aromatic heterocycles.